The van der Waals surface area contributed by atoms with Crippen LogP contribution in [-0.2, 0) is 20.9 Å². The van der Waals surface area contributed by atoms with Gasteiger partial charge in [0.2, 0.25) is 0 Å². The Hall–Kier alpha value is -2.88. The molecule has 3 N–H and O–H groups in total. The molecular formula is C14H18N2O8. The van der Waals surface area contributed by atoms with E-state index < -0.39 is 29.5 Å². The summed E-state index contributed by atoms with van der Waals surface area (Å²) in [6.45, 7) is -0.406. The van der Waals surface area contributed by atoms with E-state index in [4.69, 9.17) is 25.1 Å². The van der Waals surface area contributed by atoms with Gasteiger partial charge in [-0.15, -0.1) is 0 Å². The average molecular weight is 342 g/mol. The van der Waals surface area contributed by atoms with Crippen molar-refractivity contribution in [2.24, 2.45) is 5.73 Å². The second kappa shape index (κ2) is 8.67. The second-order valence-electron chi connectivity index (χ2n) is 4.74. The molecule has 132 valence electrons. The lowest BCUT2D eigenvalue weighted by Crippen LogP contribution is -2.32. The van der Waals surface area contributed by atoms with Crippen molar-refractivity contribution in [2.45, 2.75) is 25.5 Å². The lowest BCUT2D eigenvalue weighted by atomic mass is 10.1. The Labute approximate surface area is 137 Å². The molecule has 0 aromatic heterocycles. The van der Waals surface area contributed by atoms with Crippen LogP contribution in [0.2, 0.25) is 0 Å². The molecule has 0 aliphatic rings. The summed E-state index contributed by atoms with van der Waals surface area (Å²) >= 11 is 0. The van der Waals surface area contributed by atoms with Crippen LogP contribution in [0.25, 0.3) is 0 Å². The van der Waals surface area contributed by atoms with Gasteiger partial charge in [-0.25, -0.2) is 0 Å². The van der Waals surface area contributed by atoms with E-state index in [2.05, 4.69) is 0 Å². The van der Waals surface area contributed by atoms with E-state index in [1.54, 1.807) is 0 Å². The Morgan fingerprint density at radius 2 is 1.88 bits per heavy atom. The number of nitrogens with zero attached hydrogens (tertiary/aromatic N) is 1. The zero-order chi connectivity index (χ0) is 18.3. The van der Waals surface area contributed by atoms with E-state index in [1.807, 2.05) is 0 Å². The molecule has 1 aromatic carbocycles. The van der Waals surface area contributed by atoms with Crippen molar-refractivity contribution in [3.8, 4) is 11.5 Å². The van der Waals surface area contributed by atoms with E-state index >= 15 is 0 Å². The van der Waals surface area contributed by atoms with Gasteiger partial charge in [0.05, 0.1) is 30.8 Å². The number of esters is 1. The normalized spacial score (nSPS) is 11.5. The SMILES string of the molecule is COc1cc(COC(=O)[C@@H](N)CCC(=O)O)c([N+](=O)[O-])cc1OC. The predicted molar refractivity (Wildman–Crippen MR) is 80.8 cm³/mol. The number of hydrogen-bond acceptors (Lipinski definition) is 8. The first-order valence-corrected chi connectivity index (χ1v) is 6.83. The fourth-order valence-corrected chi connectivity index (χ4v) is 1.85. The van der Waals surface area contributed by atoms with E-state index in [-0.39, 0.29) is 35.6 Å². The maximum absolute atomic E-state index is 11.7. The van der Waals surface area contributed by atoms with Crippen LogP contribution in [0.3, 0.4) is 0 Å². The van der Waals surface area contributed by atoms with Crippen LogP contribution in [0.15, 0.2) is 12.1 Å². The summed E-state index contributed by atoms with van der Waals surface area (Å²) in [5.74, 6) is -1.53. The highest BCUT2D eigenvalue weighted by Gasteiger charge is 2.22. The van der Waals surface area contributed by atoms with Gasteiger partial charge in [0.25, 0.3) is 5.69 Å². The molecule has 10 heteroatoms. The number of carbonyl (C=O) groups is 2. The van der Waals surface area contributed by atoms with Crippen molar-refractivity contribution in [2.75, 3.05) is 14.2 Å². The van der Waals surface area contributed by atoms with Gasteiger partial charge >= 0.3 is 11.9 Å². The van der Waals surface area contributed by atoms with Crippen molar-refractivity contribution in [1.29, 1.82) is 0 Å². The minimum Gasteiger partial charge on any atom is -0.493 e. The highest BCUT2D eigenvalue weighted by atomic mass is 16.6. The quantitative estimate of drug-likeness (QED) is 0.378. The van der Waals surface area contributed by atoms with E-state index in [9.17, 15) is 19.7 Å². The molecule has 0 radical (unpaired) electrons. The summed E-state index contributed by atoms with van der Waals surface area (Å²) in [4.78, 5) is 32.7. The summed E-state index contributed by atoms with van der Waals surface area (Å²) in [6, 6.07) is 1.36. The Bertz CT molecular complexity index is 631. The molecule has 0 unspecified atom stereocenters. The molecule has 1 atom stereocenters. The third-order valence-corrected chi connectivity index (χ3v) is 3.12. The number of carboxylic acids is 1. The van der Waals surface area contributed by atoms with E-state index in [0.29, 0.717) is 0 Å². The Morgan fingerprint density at radius 1 is 1.29 bits per heavy atom. The summed E-state index contributed by atoms with van der Waals surface area (Å²) in [5.41, 5.74) is 5.30. The second-order valence-corrected chi connectivity index (χ2v) is 4.74. The van der Waals surface area contributed by atoms with Crippen LogP contribution in [0.4, 0.5) is 5.69 Å². The van der Waals surface area contributed by atoms with Crippen LogP contribution in [-0.4, -0.2) is 42.2 Å². The zero-order valence-corrected chi connectivity index (χ0v) is 13.2. The summed E-state index contributed by atoms with van der Waals surface area (Å²) < 4.78 is 15.0. The van der Waals surface area contributed by atoms with Crippen LogP contribution >= 0.6 is 0 Å². The van der Waals surface area contributed by atoms with Crippen molar-refractivity contribution in [3.63, 3.8) is 0 Å². The lowest BCUT2D eigenvalue weighted by Gasteiger charge is -2.13. The molecule has 0 fully saturated rings. The first-order valence-electron chi connectivity index (χ1n) is 6.83. The van der Waals surface area contributed by atoms with Gasteiger partial charge in [0.15, 0.2) is 11.5 Å². The summed E-state index contributed by atoms with van der Waals surface area (Å²) in [7, 11) is 2.70. The number of nitro benzene ring substituents is 1. The third kappa shape index (κ3) is 5.09. The van der Waals surface area contributed by atoms with Gasteiger partial charge in [-0.3, -0.25) is 19.7 Å². The van der Waals surface area contributed by atoms with Gasteiger partial charge in [-0.2, -0.15) is 0 Å². The van der Waals surface area contributed by atoms with E-state index in [0.717, 1.165) is 6.07 Å². The molecule has 0 aliphatic carbocycles. The molecule has 0 aliphatic heterocycles. The molecule has 0 heterocycles. The number of methoxy groups -OCH3 is 2. The minimum absolute atomic E-state index is 0.0939. The fourth-order valence-electron chi connectivity index (χ4n) is 1.85. The van der Waals surface area contributed by atoms with E-state index in [1.165, 1.54) is 20.3 Å². The van der Waals surface area contributed by atoms with Gasteiger partial charge in [0.1, 0.15) is 12.6 Å². The number of nitrogens with two attached hydrogens (primary N) is 1. The van der Waals surface area contributed by atoms with Crippen LogP contribution in [0.5, 0.6) is 11.5 Å². The highest BCUT2D eigenvalue weighted by Crippen LogP contribution is 2.34. The number of aliphatic carboxylic acids is 1. The van der Waals surface area contributed by atoms with Crippen LogP contribution < -0.4 is 15.2 Å². The standard InChI is InChI=1S/C14H18N2O8/c1-22-11-5-8(10(16(20)21)6-12(11)23-2)7-24-14(19)9(15)3-4-13(17)18/h5-6,9H,3-4,7,15H2,1-2H3,(H,17,18)/t9-/m0/s1. The molecular weight excluding hydrogens is 324 g/mol. The third-order valence-electron chi connectivity index (χ3n) is 3.12. The largest absolute Gasteiger partial charge is 0.493 e. The van der Waals surface area contributed by atoms with Gasteiger partial charge < -0.3 is 25.1 Å². The van der Waals surface area contributed by atoms with Crippen molar-refractivity contribution in [3.05, 3.63) is 27.8 Å². The summed E-state index contributed by atoms with van der Waals surface area (Å²) in [6.07, 6.45) is -0.380. The Kier molecular flexibility index (Phi) is 6.93. The number of benzene rings is 1. The van der Waals surface area contributed by atoms with Crippen molar-refractivity contribution < 1.29 is 33.8 Å². The molecule has 1 rings (SSSR count). The topological polar surface area (TPSA) is 151 Å². The number of rotatable bonds is 9. The fraction of sp³-hybridized carbons (Fsp3) is 0.429. The van der Waals surface area contributed by atoms with Crippen molar-refractivity contribution >= 4 is 17.6 Å². The lowest BCUT2D eigenvalue weighted by molar-refractivity contribution is -0.385. The maximum atomic E-state index is 11.7. The number of nitro groups is 1. The predicted octanol–water partition coefficient (Wildman–Crippen LogP) is 0.847. The van der Waals surface area contributed by atoms with Gasteiger partial charge in [0, 0.05) is 6.42 Å². The highest BCUT2D eigenvalue weighted by molar-refractivity contribution is 5.76. The molecule has 0 amide bonds. The number of carboxylic acid groups (broad SMARTS) is 1. The monoisotopic (exact) mass is 342 g/mol. The zero-order valence-electron chi connectivity index (χ0n) is 13.2. The molecule has 0 saturated carbocycles. The molecule has 0 spiro atoms. The number of carbonyl (C=O) groups excluding carboxylic acids is 1. The average Bonchev–Trinajstić information content (AvgIpc) is 2.56. The first kappa shape index (κ1) is 19.2. The van der Waals surface area contributed by atoms with Gasteiger partial charge in [-0.1, -0.05) is 0 Å². The van der Waals surface area contributed by atoms with Gasteiger partial charge in [-0.05, 0) is 12.5 Å². The number of hydrogen-bond donors (Lipinski definition) is 2. The summed E-state index contributed by atoms with van der Waals surface area (Å²) in [5, 5.41) is 19.7. The Balaban J connectivity index is 2.88. The van der Waals surface area contributed by atoms with Crippen LogP contribution in [0, 0.1) is 10.1 Å². The molecule has 10 nitrogen and oxygen atoms in total. The molecule has 0 bridgehead atoms. The van der Waals surface area contributed by atoms with Crippen LogP contribution in [0.1, 0.15) is 18.4 Å². The molecule has 24 heavy (non-hydrogen) atoms. The first-order chi connectivity index (χ1) is 11.3. The molecule has 0 saturated heterocycles. The maximum Gasteiger partial charge on any atom is 0.323 e. The molecule has 1 aromatic rings. The van der Waals surface area contributed by atoms with Crippen molar-refractivity contribution in [1.82, 2.24) is 0 Å². The smallest absolute Gasteiger partial charge is 0.323 e. The number of ether oxygens (including phenoxy) is 3. The minimum atomic E-state index is -1.12. The Morgan fingerprint density at radius 3 is 2.38 bits per heavy atom.